The maximum atomic E-state index is 12.3. The molecule has 1 atom stereocenters. The van der Waals surface area contributed by atoms with E-state index in [9.17, 15) is 9.90 Å². The number of H-pyrrole nitrogens is 1. The number of carboxylic acid groups (broad SMARTS) is 1. The van der Waals surface area contributed by atoms with E-state index in [1.54, 1.807) is 11.3 Å². The van der Waals surface area contributed by atoms with Crippen LogP contribution in [0.15, 0.2) is 72.2 Å². The van der Waals surface area contributed by atoms with Gasteiger partial charge in [0.15, 0.2) is 0 Å². The molecule has 1 aliphatic heterocycles. The standard InChI is InChI=1S/C26H27N3O3S/c30-26(31)25(29-12-10-28(11-13-29)17-21-7-4-14-33-21)23-16-27-24-15-20(8-9-22(23)24)32-18-19-5-2-1-3-6-19/h1-9,14-16,25,27H,10-13,17-18H2,(H,30,31). The Morgan fingerprint density at radius 1 is 1.06 bits per heavy atom. The van der Waals surface area contributed by atoms with Crippen LogP contribution in [0.3, 0.4) is 0 Å². The number of aliphatic carboxylic acids is 1. The average molecular weight is 462 g/mol. The smallest absolute Gasteiger partial charge is 0.325 e. The van der Waals surface area contributed by atoms with Gasteiger partial charge in [-0.25, -0.2) is 0 Å². The first kappa shape index (κ1) is 21.7. The predicted molar refractivity (Wildman–Crippen MR) is 131 cm³/mol. The lowest BCUT2D eigenvalue weighted by Gasteiger charge is -2.37. The third-order valence-corrected chi connectivity index (χ3v) is 7.05. The summed E-state index contributed by atoms with van der Waals surface area (Å²) < 4.78 is 5.94. The Labute approximate surface area is 197 Å². The third kappa shape index (κ3) is 4.95. The van der Waals surface area contributed by atoms with Crippen molar-refractivity contribution in [3.8, 4) is 5.75 Å². The highest BCUT2D eigenvalue weighted by Crippen LogP contribution is 2.32. The Hall–Kier alpha value is -3.13. The molecule has 33 heavy (non-hydrogen) atoms. The molecule has 4 aromatic rings. The minimum absolute atomic E-state index is 0.493. The zero-order valence-electron chi connectivity index (χ0n) is 18.3. The minimum Gasteiger partial charge on any atom is -0.489 e. The summed E-state index contributed by atoms with van der Waals surface area (Å²) in [7, 11) is 0. The summed E-state index contributed by atoms with van der Waals surface area (Å²) >= 11 is 1.77. The first-order valence-electron chi connectivity index (χ1n) is 11.2. The fourth-order valence-electron chi connectivity index (χ4n) is 4.47. The van der Waals surface area contributed by atoms with Gasteiger partial charge >= 0.3 is 5.97 Å². The summed E-state index contributed by atoms with van der Waals surface area (Å²) in [5.41, 5.74) is 2.80. The van der Waals surface area contributed by atoms with Crippen LogP contribution >= 0.6 is 11.3 Å². The summed E-state index contributed by atoms with van der Waals surface area (Å²) in [6, 6.07) is 19.4. The first-order valence-corrected chi connectivity index (χ1v) is 12.0. The Balaban J connectivity index is 1.28. The number of fused-ring (bicyclic) bond motifs is 1. The van der Waals surface area contributed by atoms with Crippen molar-refractivity contribution in [2.24, 2.45) is 0 Å². The maximum Gasteiger partial charge on any atom is 0.325 e. The van der Waals surface area contributed by atoms with Crippen LogP contribution in [0, 0.1) is 0 Å². The van der Waals surface area contributed by atoms with Gasteiger partial charge in [0.2, 0.25) is 0 Å². The summed E-state index contributed by atoms with van der Waals surface area (Å²) in [5.74, 6) is -0.0548. The van der Waals surface area contributed by atoms with Gasteiger partial charge < -0.3 is 14.8 Å². The van der Waals surface area contributed by atoms with Crippen LogP contribution in [-0.4, -0.2) is 52.0 Å². The van der Waals surface area contributed by atoms with Crippen LogP contribution in [0.2, 0.25) is 0 Å². The second-order valence-electron chi connectivity index (χ2n) is 8.36. The molecule has 7 heteroatoms. The molecule has 0 aliphatic carbocycles. The van der Waals surface area contributed by atoms with E-state index >= 15 is 0 Å². The van der Waals surface area contributed by atoms with Crippen LogP contribution < -0.4 is 4.74 Å². The van der Waals surface area contributed by atoms with Crippen molar-refractivity contribution >= 4 is 28.2 Å². The van der Waals surface area contributed by atoms with E-state index in [0.717, 1.165) is 60.5 Å². The zero-order chi connectivity index (χ0) is 22.6. The van der Waals surface area contributed by atoms with Crippen LogP contribution in [0.4, 0.5) is 0 Å². The highest BCUT2D eigenvalue weighted by Gasteiger charge is 2.32. The maximum absolute atomic E-state index is 12.3. The summed E-state index contributed by atoms with van der Waals surface area (Å²) in [4.78, 5) is 21.4. The Bertz CT molecular complexity index is 1200. The van der Waals surface area contributed by atoms with Gasteiger partial charge in [-0.05, 0) is 29.1 Å². The van der Waals surface area contributed by atoms with Crippen molar-refractivity contribution in [3.05, 3.63) is 88.2 Å². The molecule has 1 saturated heterocycles. The van der Waals surface area contributed by atoms with Gasteiger partial charge in [0.25, 0.3) is 0 Å². The summed E-state index contributed by atoms with van der Waals surface area (Å²) in [5, 5.41) is 13.1. The molecule has 1 fully saturated rings. The molecule has 5 rings (SSSR count). The number of thiophene rings is 1. The Morgan fingerprint density at radius 2 is 1.88 bits per heavy atom. The second-order valence-corrected chi connectivity index (χ2v) is 9.39. The molecule has 170 valence electrons. The largest absolute Gasteiger partial charge is 0.489 e. The van der Waals surface area contributed by atoms with Crippen molar-refractivity contribution < 1.29 is 14.6 Å². The predicted octanol–water partition coefficient (Wildman–Crippen LogP) is 4.75. The molecule has 2 aromatic heterocycles. The van der Waals surface area contributed by atoms with E-state index in [1.807, 2.05) is 54.7 Å². The van der Waals surface area contributed by atoms with Gasteiger partial charge in [-0.1, -0.05) is 36.4 Å². The molecule has 0 bridgehead atoms. The number of hydrogen-bond donors (Lipinski definition) is 2. The highest BCUT2D eigenvalue weighted by molar-refractivity contribution is 7.09. The Kier molecular flexibility index (Phi) is 6.44. The number of carbonyl (C=O) groups is 1. The van der Waals surface area contributed by atoms with Crippen LogP contribution in [0.25, 0.3) is 10.9 Å². The second kappa shape index (κ2) is 9.79. The number of nitrogens with one attached hydrogen (secondary N) is 1. The van der Waals surface area contributed by atoms with Gasteiger partial charge in [0.1, 0.15) is 18.4 Å². The third-order valence-electron chi connectivity index (χ3n) is 6.19. The SMILES string of the molecule is O=C(O)C(c1c[nH]c2cc(OCc3ccccc3)ccc12)N1CCN(Cc2cccs2)CC1. The number of rotatable bonds is 8. The summed E-state index contributed by atoms with van der Waals surface area (Å²) in [6.07, 6.45) is 1.84. The molecule has 0 amide bonds. The van der Waals surface area contributed by atoms with Crippen LogP contribution in [0.1, 0.15) is 22.0 Å². The molecule has 2 N–H and O–H groups in total. The zero-order valence-corrected chi connectivity index (χ0v) is 19.1. The highest BCUT2D eigenvalue weighted by atomic mass is 32.1. The van der Waals surface area contributed by atoms with Gasteiger partial charge in [-0.2, -0.15) is 0 Å². The van der Waals surface area contributed by atoms with E-state index < -0.39 is 12.0 Å². The molecular weight excluding hydrogens is 434 g/mol. The molecule has 1 aliphatic rings. The van der Waals surface area contributed by atoms with Crippen LogP contribution in [0.5, 0.6) is 5.75 Å². The molecule has 6 nitrogen and oxygen atoms in total. The molecule has 1 unspecified atom stereocenters. The van der Waals surface area contributed by atoms with E-state index in [1.165, 1.54) is 4.88 Å². The van der Waals surface area contributed by atoms with Crippen molar-refractivity contribution in [1.82, 2.24) is 14.8 Å². The average Bonchev–Trinajstić information content (AvgIpc) is 3.49. The number of hydrogen-bond acceptors (Lipinski definition) is 5. The van der Waals surface area contributed by atoms with Crippen LogP contribution in [-0.2, 0) is 17.9 Å². The lowest BCUT2D eigenvalue weighted by atomic mass is 10.0. The van der Waals surface area contributed by atoms with E-state index in [4.69, 9.17) is 4.74 Å². The number of ether oxygens (including phenoxy) is 1. The molecule has 3 heterocycles. The Morgan fingerprint density at radius 3 is 2.61 bits per heavy atom. The monoisotopic (exact) mass is 461 g/mol. The molecule has 0 saturated carbocycles. The quantitative estimate of drug-likeness (QED) is 0.396. The van der Waals surface area contributed by atoms with E-state index in [0.29, 0.717) is 6.61 Å². The number of aromatic amines is 1. The number of carboxylic acids is 1. The first-order chi connectivity index (χ1) is 16.2. The molecule has 2 aromatic carbocycles. The van der Waals surface area contributed by atoms with E-state index in [2.05, 4.69) is 32.3 Å². The molecule has 0 spiro atoms. The topological polar surface area (TPSA) is 68.8 Å². The normalized spacial score (nSPS) is 16.1. The van der Waals surface area contributed by atoms with Gasteiger partial charge in [-0.3, -0.25) is 14.6 Å². The van der Waals surface area contributed by atoms with Crippen molar-refractivity contribution in [3.63, 3.8) is 0 Å². The number of piperazine rings is 1. The number of nitrogens with zero attached hydrogens (tertiary/aromatic N) is 2. The van der Waals surface area contributed by atoms with Gasteiger partial charge in [0, 0.05) is 66.3 Å². The lowest BCUT2D eigenvalue weighted by Crippen LogP contribution is -2.48. The minimum atomic E-state index is -0.813. The number of benzene rings is 2. The lowest BCUT2D eigenvalue weighted by molar-refractivity contribution is -0.144. The fraction of sp³-hybridized carbons (Fsp3) is 0.269. The van der Waals surface area contributed by atoms with Gasteiger partial charge in [-0.15, -0.1) is 11.3 Å². The van der Waals surface area contributed by atoms with Crippen molar-refractivity contribution in [2.75, 3.05) is 26.2 Å². The van der Waals surface area contributed by atoms with Crippen molar-refractivity contribution in [2.45, 2.75) is 19.2 Å². The van der Waals surface area contributed by atoms with Gasteiger partial charge in [0.05, 0.1) is 0 Å². The molecular formula is C26H27N3O3S. The molecule has 0 radical (unpaired) electrons. The number of aromatic nitrogens is 1. The van der Waals surface area contributed by atoms with Crippen molar-refractivity contribution in [1.29, 1.82) is 0 Å². The van der Waals surface area contributed by atoms with E-state index in [-0.39, 0.29) is 0 Å². The fourth-order valence-corrected chi connectivity index (χ4v) is 5.22. The summed E-state index contributed by atoms with van der Waals surface area (Å²) in [6.45, 7) is 4.61.